The molecule has 3 aliphatic rings. The highest BCUT2D eigenvalue weighted by molar-refractivity contribution is 7.99. The Morgan fingerprint density at radius 3 is 2.44 bits per heavy atom. The van der Waals surface area contributed by atoms with E-state index in [1.807, 2.05) is 38.7 Å². The van der Waals surface area contributed by atoms with E-state index in [4.69, 9.17) is 22.1 Å². The predicted octanol–water partition coefficient (Wildman–Crippen LogP) is 4.61. The summed E-state index contributed by atoms with van der Waals surface area (Å²) in [5, 5.41) is 10.2. The topological polar surface area (TPSA) is 158 Å². The summed E-state index contributed by atoms with van der Waals surface area (Å²) in [6, 6.07) is 5.36. The van der Waals surface area contributed by atoms with Crippen LogP contribution in [0.25, 0.3) is 0 Å². The van der Waals surface area contributed by atoms with Crippen LogP contribution in [-0.2, 0) is 14.3 Å². The number of aromatic nitrogens is 2. The van der Waals surface area contributed by atoms with E-state index in [1.165, 1.54) is 24.6 Å². The number of halogens is 1. The monoisotopic (exact) mass is 729 g/mol. The number of nitrogens with zero attached hydrogens (tertiary/aromatic N) is 5. The molecule has 2 aromatic rings. The van der Waals surface area contributed by atoms with Crippen LogP contribution in [0.2, 0.25) is 5.02 Å². The van der Waals surface area contributed by atoms with E-state index in [9.17, 15) is 14.4 Å². The summed E-state index contributed by atoms with van der Waals surface area (Å²) in [7, 11) is 0. The zero-order valence-corrected chi connectivity index (χ0v) is 31.3. The molecular weight excluding hydrogens is 678 g/mol. The van der Waals surface area contributed by atoms with Crippen LogP contribution >= 0.6 is 23.4 Å². The standard InChI is InChI=1S/C35H52ClN9O4S/c1-34(2,3)49-33(48)42-35(4)12-16-44(17-13-35)27-22-39-32(31(37)41-27)50-26-7-5-6-25(30(26)36)40-28(46)8-9-29(47)45-20-18-43(19-21-45)23-24-10-14-38-15-11-24/h5-7,22,24,38H,8-21,23H2,1-4H3,(H2,37,41)(H,40,46)(H,42,48). The number of nitrogens with one attached hydrogen (secondary N) is 3. The van der Waals surface area contributed by atoms with Gasteiger partial charge in [0.25, 0.3) is 0 Å². The van der Waals surface area contributed by atoms with Crippen LogP contribution in [0.3, 0.4) is 0 Å². The van der Waals surface area contributed by atoms with Gasteiger partial charge in [-0.15, -0.1) is 0 Å². The molecule has 3 saturated heterocycles. The van der Waals surface area contributed by atoms with Gasteiger partial charge in [-0.05, 0) is 84.5 Å². The zero-order chi connectivity index (χ0) is 35.9. The van der Waals surface area contributed by atoms with E-state index in [-0.39, 0.29) is 36.0 Å². The van der Waals surface area contributed by atoms with Gasteiger partial charge in [-0.1, -0.05) is 29.4 Å². The molecule has 0 atom stereocenters. The van der Waals surface area contributed by atoms with Crippen LogP contribution in [0.1, 0.15) is 66.2 Å². The molecule has 4 heterocycles. The number of rotatable bonds is 10. The molecule has 0 saturated carbocycles. The maximum Gasteiger partial charge on any atom is 0.408 e. The molecule has 13 nitrogen and oxygen atoms in total. The average Bonchev–Trinajstić information content (AvgIpc) is 3.06. The first-order chi connectivity index (χ1) is 23.8. The lowest BCUT2D eigenvalue weighted by molar-refractivity contribution is -0.134. The van der Waals surface area contributed by atoms with Gasteiger partial charge in [0.05, 0.1) is 16.9 Å². The lowest BCUT2D eigenvalue weighted by Gasteiger charge is -2.40. The fourth-order valence-electron chi connectivity index (χ4n) is 6.51. The number of carbonyl (C=O) groups is 3. The minimum atomic E-state index is -0.558. The SMILES string of the molecule is CC1(NC(=O)OC(C)(C)C)CCN(c2cnc(Sc3cccc(NC(=O)CCC(=O)N4CCN(CC5CCNCC5)CC4)c3Cl)c(N)n2)CC1. The van der Waals surface area contributed by atoms with Gasteiger partial charge < -0.3 is 36.2 Å². The highest BCUT2D eigenvalue weighted by atomic mass is 35.5. The molecule has 3 aliphatic heterocycles. The Labute approximate surface area is 304 Å². The first-order valence-electron chi connectivity index (χ1n) is 17.6. The molecule has 1 aromatic carbocycles. The van der Waals surface area contributed by atoms with Gasteiger partial charge in [-0.25, -0.2) is 14.8 Å². The second-order valence-corrected chi connectivity index (χ2v) is 16.1. The third kappa shape index (κ3) is 10.8. The van der Waals surface area contributed by atoms with E-state index in [2.05, 4.69) is 35.7 Å². The van der Waals surface area contributed by atoms with Crippen molar-refractivity contribution in [3.05, 3.63) is 29.4 Å². The molecule has 5 rings (SSSR count). The van der Waals surface area contributed by atoms with Crippen LogP contribution in [0.4, 0.5) is 22.1 Å². The zero-order valence-electron chi connectivity index (χ0n) is 29.7. The Kier molecular flexibility index (Phi) is 12.7. The Morgan fingerprint density at radius 2 is 1.78 bits per heavy atom. The van der Waals surface area contributed by atoms with Gasteiger partial charge in [0.15, 0.2) is 5.82 Å². The van der Waals surface area contributed by atoms with Crippen LogP contribution < -0.4 is 26.6 Å². The van der Waals surface area contributed by atoms with Crippen LogP contribution in [0.5, 0.6) is 0 Å². The van der Waals surface area contributed by atoms with Gasteiger partial charge in [-0.3, -0.25) is 14.5 Å². The number of benzene rings is 1. The molecule has 0 bridgehead atoms. The van der Waals surface area contributed by atoms with Crippen LogP contribution in [0, 0.1) is 5.92 Å². The molecule has 0 aliphatic carbocycles. The summed E-state index contributed by atoms with van der Waals surface area (Å²) in [5.41, 5.74) is 5.87. The van der Waals surface area contributed by atoms with E-state index >= 15 is 0 Å². The van der Waals surface area contributed by atoms with Crippen molar-refractivity contribution in [2.45, 2.75) is 87.3 Å². The smallest absolute Gasteiger partial charge is 0.408 e. The van der Waals surface area contributed by atoms with Gasteiger partial charge in [-0.2, -0.15) is 0 Å². The summed E-state index contributed by atoms with van der Waals surface area (Å²) in [4.78, 5) is 54.4. The molecule has 0 spiro atoms. The van der Waals surface area contributed by atoms with Crippen molar-refractivity contribution in [1.82, 2.24) is 30.4 Å². The lowest BCUT2D eigenvalue weighted by atomic mass is 9.90. The van der Waals surface area contributed by atoms with Gasteiger partial charge in [0, 0.05) is 69.1 Å². The normalized spacial score (nSPS) is 18.8. The number of alkyl carbamates (subject to hydrolysis) is 1. The van der Waals surface area contributed by atoms with Gasteiger partial charge in [0.1, 0.15) is 16.4 Å². The molecule has 15 heteroatoms. The highest BCUT2D eigenvalue weighted by Gasteiger charge is 2.34. The van der Waals surface area contributed by atoms with Crippen LogP contribution in [0.15, 0.2) is 34.3 Å². The second kappa shape index (κ2) is 16.8. The van der Waals surface area contributed by atoms with Crippen LogP contribution in [-0.4, -0.2) is 108 Å². The first-order valence-corrected chi connectivity index (χ1v) is 18.8. The predicted molar refractivity (Wildman–Crippen MR) is 198 cm³/mol. The number of hydrogen-bond acceptors (Lipinski definition) is 11. The Hall–Kier alpha value is -3.33. The maximum absolute atomic E-state index is 12.9. The van der Waals surface area contributed by atoms with E-state index < -0.39 is 11.7 Å². The maximum atomic E-state index is 12.9. The molecule has 5 N–H and O–H groups in total. The minimum Gasteiger partial charge on any atom is -0.444 e. The van der Waals surface area contributed by atoms with Crippen molar-refractivity contribution in [2.24, 2.45) is 5.92 Å². The molecule has 0 radical (unpaired) electrons. The number of nitrogen functional groups attached to an aromatic ring is 1. The Balaban J connectivity index is 1.07. The lowest BCUT2D eigenvalue weighted by Crippen LogP contribution is -2.54. The number of carbonyl (C=O) groups excluding carboxylic acids is 3. The number of piperidine rings is 2. The summed E-state index contributed by atoms with van der Waals surface area (Å²) in [6.45, 7) is 15.3. The van der Waals surface area contributed by atoms with Crippen molar-refractivity contribution in [1.29, 1.82) is 0 Å². The largest absolute Gasteiger partial charge is 0.444 e. The summed E-state index contributed by atoms with van der Waals surface area (Å²) >= 11 is 7.99. The molecular formula is C35H52ClN9O4S. The van der Waals surface area contributed by atoms with E-state index in [1.54, 1.807) is 18.3 Å². The molecule has 0 unspecified atom stereocenters. The Bertz CT molecular complexity index is 1500. The summed E-state index contributed by atoms with van der Waals surface area (Å²) in [6.07, 6.45) is 5.36. The van der Waals surface area contributed by atoms with Crippen molar-refractivity contribution in [2.75, 3.05) is 74.9 Å². The van der Waals surface area contributed by atoms with Gasteiger partial charge in [0.2, 0.25) is 11.8 Å². The third-order valence-electron chi connectivity index (χ3n) is 9.46. The number of amides is 3. The van der Waals surface area contributed by atoms with E-state index in [0.717, 1.165) is 38.6 Å². The van der Waals surface area contributed by atoms with Crippen molar-refractivity contribution in [3.63, 3.8) is 0 Å². The molecule has 3 fully saturated rings. The number of anilines is 3. The number of nitrogens with two attached hydrogens (primary N) is 1. The molecule has 50 heavy (non-hydrogen) atoms. The molecule has 3 amide bonds. The van der Waals surface area contributed by atoms with Crippen molar-refractivity contribution >= 4 is 58.6 Å². The minimum absolute atomic E-state index is 0.00519. The summed E-state index contributed by atoms with van der Waals surface area (Å²) < 4.78 is 5.44. The van der Waals surface area contributed by atoms with Gasteiger partial charge >= 0.3 is 6.09 Å². The second-order valence-electron chi connectivity index (χ2n) is 14.7. The number of ether oxygens (including phenoxy) is 1. The summed E-state index contributed by atoms with van der Waals surface area (Å²) in [5.74, 6) is 1.40. The highest BCUT2D eigenvalue weighted by Crippen LogP contribution is 2.39. The number of hydrogen-bond donors (Lipinski definition) is 4. The van der Waals surface area contributed by atoms with Crippen molar-refractivity contribution in [3.8, 4) is 0 Å². The molecule has 1 aromatic heterocycles. The quantitative estimate of drug-likeness (QED) is 0.271. The Morgan fingerprint density at radius 1 is 1.08 bits per heavy atom. The van der Waals surface area contributed by atoms with Crippen molar-refractivity contribution < 1.29 is 19.1 Å². The molecule has 274 valence electrons. The fourth-order valence-corrected chi connectivity index (χ4v) is 7.61. The number of piperazine rings is 1. The average molecular weight is 730 g/mol. The first kappa shape index (κ1) is 37.9. The fraction of sp³-hybridized carbons (Fsp3) is 0.629. The van der Waals surface area contributed by atoms with E-state index in [0.29, 0.717) is 65.5 Å². The third-order valence-corrected chi connectivity index (χ3v) is 11.0.